The van der Waals surface area contributed by atoms with Crippen molar-refractivity contribution in [2.24, 2.45) is 5.90 Å². The highest BCUT2D eigenvalue weighted by molar-refractivity contribution is 7.90. The molecule has 0 atom stereocenters. The van der Waals surface area contributed by atoms with Gasteiger partial charge in [0.2, 0.25) is 0 Å². The number of hydrogen-bond donors (Lipinski definition) is 1. The average molecular weight is 233 g/mol. The van der Waals surface area contributed by atoms with E-state index in [-0.39, 0.29) is 23.5 Å². The molecule has 4 nitrogen and oxygen atoms in total. The summed E-state index contributed by atoms with van der Waals surface area (Å²) >= 11 is 0. The minimum atomic E-state index is -3.53. The lowest BCUT2D eigenvalue weighted by Gasteiger charge is -2.05. The second kappa shape index (κ2) is 4.69. The highest BCUT2D eigenvalue weighted by Crippen LogP contribution is 2.18. The summed E-state index contributed by atoms with van der Waals surface area (Å²) in [5.41, 5.74) is 0.281. The Bertz CT molecular complexity index is 445. The number of sulfone groups is 1. The van der Waals surface area contributed by atoms with Crippen molar-refractivity contribution in [1.82, 2.24) is 0 Å². The van der Waals surface area contributed by atoms with Crippen LogP contribution in [-0.2, 0) is 21.1 Å². The van der Waals surface area contributed by atoms with Crippen LogP contribution in [0.15, 0.2) is 23.1 Å². The second-order valence-electron chi connectivity index (χ2n) is 3.12. The molecular weight excluding hydrogens is 221 g/mol. The van der Waals surface area contributed by atoms with Crippen LogP contribution in [0.5, 0.6) is 0 Å². The number of hydrogen-bond acceptors (Lipinski definition) is 4. The third kappa shape index (κ3) is 2.98. The van der Waals surface area contributed by atoms with Gasteiger partial charge in [-0.1, -0.05) is 12.1 Å². The van der Waals surface area contributed by atoms with Crippen LogP contribution >= 0.6 is 0 Å². The fourth-order valence-electron chi connectivity index (χ4n) is 1.20. The van der Waals surface area contributed by atoms with Gasteiger partial charge in [0.1, 0.15) is 10.7 Å². The molecule has 6 heteroatoms. The Morgan fingerprint density at radius 2 is 2.13 bits per heavy atom. The molecule has 0 radical (unpaired) electrons. The molecular formula is C9H12FNO3S. The van der Waals surface area contributed by atoms with Gasteiger partial charge in [-0.3, -0.25) is 0 Å². The molecule has 84 valence electrons. The first-order chi connectivity index (χ1) is 6.96. The molecule has 2 N–H and O–H groups in total. The van der Waals surface area contributed by atoms with Gasteiger partial charge in [-0.2, -0.15) is 0 Å². The average Bonchev–Trinajstić information content (AvgIpc) is 2.14. The van der Waals surface area contributed by atoms with Gasteiger partial charge in [0.05, 0.1) is 6.61 Å². The minimum Gasteiger partial charge on any atom is -0.304 e. The van der Waals surface area contributed by atoms with Crippen LogP contribution in [0.25, 0.3) is 0 Å². The molecule has 0 saturated carbocycles. The smallest absolute Gasteiger partial charge is 0.178 e. The van der Waals surface area contributed by atoms with E-state index in [4.69, 9.17) is 5.90 Å². The molecule has 0 spiro atoms. The molecule has 0 aliphatic rings. The van der Waals surface area contributed by atoms with Crippen molar-refractivity contribution in [3.05, 3.63) is 29.6 Å². The summed E-state index contributed by atoms with van der Waals surface area (Å²) in [6.45, 7) is 0.143. The zero-order chi connectivity index (χ0) is 11.5. The Kier molecular flexibility index (Phi) is 3.78. The number of nitrogens with two attached hydrogens (primary N) is 1. The van der Waals surface area contributed by atoms with Gasteiger partial charge in [0, 0.05) is 12.7 Å². The van der Waals surface area contributed by atoms with Crippen LogP contribution < -0.4 is 5.90 Å². The number of benzene rings is 1. The number of halogens is 1. The minimum absolute atomic E-state index is 0.143. The van der Waals surface area contributed by atoms with E-state index < -0.39 is 15.7 Å². The fraction of sp³-hybridized carbons (Fsp3) is 0.333. The molecule has 1 aromatic rings. The van der Waals surface area contributed by atoms with Crippen molar-refractivity contribution in [2.45, 2.75) is 11.3 Å². The maximum atomic E-state index is 13.6. The lowest BCUT2D eigenvalue weighted by molar-refractivity contribution is 0.140. The lowest BCUT2D eigenvalue weighted by atomic mass is 10.1. The Hall–Kier alpha value is -0.980. The third-order valence-electron chi connectivity index (χ3n) is 1.93. The van der Waals surface area contributed by atoms with Crippen LogP contribution in [0.3, 0.4) is 0 Å². The van der Waals surface area contributed by atoms with E-state index in [1.165, 1.54) is 18.2 Å². The van der Waals surface area contributed by atoms with Gasteiger partial charge in [0.15, 0.2) is 9.84 Å². The molecule has 0 amide bonds. The van der Waals surface area contributed by atoms with Gasteiger partial charge in [-0.05, 0) is 11.6 Å². The zero-order valence-electron chi connectivity index (χ0n) is 8.23. The summed E-state index contributed by atoms with van der Waals surface area (Å²) in [6.07, 6.45) is 1.21. The van der Waals surface area contributed by atoms with E-state index >= 15 is 0 Å². The fourth-order valence-corrected chi connectivity index (χ4v) is 1.99. The maximum Gasteiger partial charge on any atom is 0.178 e. The standard InChI is InChI=1S/C9H12FNO3S/c1-15(12,13)8-4-2-3-7(9(8)10)5-6-14-11/h2-4H,5-6,11H2,1H3. The van der Waals surface area contributed by atoms with Crippen molar-refractivity contribution >= 4 is 9.84 Å². The largest absolute Gasteiger partial charge is 0.304 e. The molecule has 0 aromatic heterocycles. The highest BCUT2D eigenvalue weighted by Gasteiger charge is 2.15. The van der Waals surface area contributed by atoms with E-state index in [0.717, 1.165) is 6.26 Å². The normalized spacial score (nSPS) is 11.7. The number of rotatable bonds is 4. The van der Waals surface area contributed by atoms with Crippen LogP contribution in [0.2, 0.25) is 0 Å². The molecule has 15 heavy (non-hydrogen) atoms. The first-order valence-electron chi connectivity index (χ1n) is 4.26. The first kappa shape index (κ1) is 12.1. The molecule has 0 aliphatic heterocycles. The Labute approximate surface area is 87.7 Å². The molecule has 1 aromatic carbocycles. The molecule has 0 aliphatic carbocycles. The van der Waals surface area contributed by atoms with E-state index in [0.29, 0.717) is 0 Å². The van der Waals surface area contributed by atoms with E-state index in [2.05, 4.69) is 4.84 Å². The van der Waals surface area contributed by atoms with E-state index in [1.807, 2.05) is 0 Å². The highest BCUT2D eigenvalue weighted by atomic mass is 32.2. The summed E-state index contributed by atoms with van der Waals surface area (Å²) in [5, 5.41) is 0. The summed E-state index contributed by atoms with van der Waals surface area (Å²) in [5.74, 6) is 4.08. The maximum absolute atomic E-state index is 13.6. The van der Waals surface area contributed by atoms with Gasteiger partial charge < -0.3 is 4.84 Å². The lowest BCUT2D eigenvalue weighted by Crippen LogP contribution is -2.08. The van der Waals surface area contributed by atoms with Crippen LogP contribution in [0.1, 0.15) is 5.56 Å². The molecule has 1 rings (SSSR count). The predicted molar refractivity (Wildman–Crippen MR) is 53.4 cm³/mol. The van der Waals surface area contributed by atoms with Gasteiger partial charge in [-0.25, -0.2) is 18.7 Å². The summed E-state index contributed by atoms with van der Waals surface area (Å²) in [6, 6.07) is 4.23. The van der Waals surface area contributed by atoms with Crippen LogP contribution in [-0.4, -0.2) is 21.3 Å². The topological polar surface area (TPSA) is 69.4 Å². The van der Waals surface area contributed by atoms with Crippen molar-refractivity contribution in [3.8, 4) is 0 Å². The Balaban J connectivity index is 3.12. The Morgan fingerprint density at radius 3 is 2.67 bits per heavy atom. The summed E-state index contributed by atoms with van der Waals surface area (Å²) < 4.78 is 36.0. The second-order valence-corrected chi connectivity index (χ2v) is 5.11. The van der Waals surface area contributed by atoms with Gasteiger partial charge in [0.25, 0.3) is 0 Å². The first-order valence-corrected chi connectivity index (χ1v) is 6.15. The Morgan fingerprint density at radius 1 is 1.47 bits per heavy atom. The monoisotopic (exact) mass is 233 g/mol. The quantitative estimate of drug-likeness (QED) is 0.776. The van der Waals surface area contributed by atoms with Gasteiger partial charge in [-0.15, -0.1) is 0 Å². The van der Waals surface area contributed by atoms with Crippen molar-refractivity contribution in [2.75, 3.05) is 12.9 Å². The van der Waals surface area contributed by atoms with Gasteiger partial charge >= 0.3 is 0 Å². The molecule has 0 heterocycles. The third-order valence-corrected chi connectivity index (χ3v) is 3.05. The zero-order valence-corrected chi connectivity index (χ0v) is 9.05. The van der Waals surface area contributed by atoms with Crippen LogP contribution in [0, 0.1) is 5.82 Å². The predicted octanol–water partition coefficient (Wildman–Crippen LogP) is 0.662. The summed E-state index contributed by atoms with van der Waals surface area (Å²) in [7, 11) is -3.53. The SMILES string of the molecule is CS(=O)(=O)c1cccc(CCON)c1F. The molecule has 0 unspecified atom stereocenters. The van der Waals surface area contributed by atoms with E-state index in [9.17, 15) is 12.8 Å². The molecule has 0 saturated heterocycles. The molecule has 0 bridgehead atoms. The van der Waals surface area contributed by atoms with Crippen molar-refractivity contribution in [1.29, 1.82) is 0 Å². The molecule has 0 fully saturated rings. The van der Waals surface area contributed by atoms with E-state index in [1.54, 1.807) is 0 Å². The van der Waals surface area contributed by atoms with Crippen molar-refractivity contribution < 1.29 is 17.6 Å². The van der Waals surface area contributed by atoms with Crippen molar-refractivity contribution in [3.63, 3.8) is 0 Å². The van der Waals surface area contributed by atoms with Crippen LogP contribution in [0.4, 0.5) is 4.39 Å². The summed E-state index contributed by atoms with van der Waals surface area (Å²) in [4.78, 5) is 4.02.